The zero-order chi connectivity index (χ0) is 16.9. The Kier molecular flexibility index (Phi) is 4.79. The predicted molar refractivity (Wildman–Crippen MR) is 88.8 cm³/mol. The molecule has 7 nitrogen and oxygen atoms in total. The molecule has 126 valence electrons. The van der Waals surface area contributed by atoms with Gasteiger partial charge in [-0.2, -0.15) is 0 Å². The van der Waals surface area contributed by atoms with Crippen LogP contribution in [0, 0.1) is 6.92 Å². The Hall–Kier alpha value is -2.83. The summed E-state index contributed by atoms with van der Waals surface area (Å²) < 4.78 is 4.92. The molecule has 1 aromatic carbocycles. The van der Waals surface area contributed by atoms with Crippen molar-refractivity contribution in [2.45, 2.75) is 25.8 Å². The van der Waals surface area contributed by atoms with Crippen molar-refractivity contribution in [3.63, 3.8) is 0 Å². The number of urea groups is 1. The molecule has 0 bridgehead atoms. The minimum atomic E-state index is -0.198. The van der Waals surface area contributed by atoms with Crippen molar-refractivity contribution >= 4 is 17.8 Å². The molecule has 1 aliphatic heterocycles. The molecular formula is C17H20N4O3. The van der Waals surface area contributed by atoms with E-state index in [9.17, 15) is 9.59 Å². The van der Waals surface area contributed by atoms with Gasteiger partial charge in [-0.25, -0.2) is 4.79 Å². The standard InChI is InChI=1S/C17H20N4O3/c1-12-11-15(20-24-12)19-17(23)21-9-7-14(8-10-21)18-16(22)13-5-3-2-4-6-13/h2-6,11,14H,7-10H2,1H3,(H,18,22)(H,19,20,23). The Bertz CT molecular complexity index is 706. The van der Waals surface area contributed by atoms with E-state index in [1.165, 1.54) is 0 Å². The van der Waals surface area contributed by atoms with E-state index in [0.29, 0.717) is 30.2 Å². The number of anilines is 1. The summed E-state index contributed by atoms with van der Waals surface area (Å²) in [6, 6.07) is 10.7. The van der Waals surface area contributed by atoms with Crippen LogP contribution in [-0.4, -0.2) is 41.1 Å². The quantitative estimate of drug-likeness (QED) is 0.906. The van der Waals surface area contributed by atoms with E-state index in [4.69, 9.17) is 4.52 Å². The van der Waals surface area contributed by atoms with Gasteiger partial charge in [0.05, 0.1) is 0 Å². The highest BCUT2D eigenvalue weighted by Gasteiger charge is 2.24. The van der Waals surface area contributed by atoms with Gasteiger partial charge in [-0.3, -0.25) is 10.1 Å². The number of aromatic nitrogens is 1. The smallest absolute Gasteiger partial charge is 0.323 e. The first-order valence-corrected chi connectivity index (χ1v) is 7.97. The van der Waals surface area contributed by atoms with Crippen LogP contribution in [0.3, 0.4) is 0 Å². The first kappa shape index (κ1) is 16.0. The fraction of sp³-hybridized carbons (Fsp3) is 0.353. The van der Waals surface area contributed by atoms with Crippen LogP contribution in [0.25, 0.3) is 0 Å². The second-order valence-corrected chi connectivity index (χ2v) is 5.85. The first-order chi connectivity index (χ1) is 11.6. The van der Waals surface area contributed by atoms with Gasteiger partial charge in [0.2, 0.25) is 0 Å². The molecule has 1 aromatic heterocycles. The number of piperidine rings is 1. The Morgan fingerprint density at radius 1 is 1.21 bits per heavy atom. The molecule has 24 heavy (non-hydrogen) atoms. The van der Waals surface area contributed by atoms with Crippen LogP contribution in [0.4, 0.5) is 10.6 Å². The molecule has 0 aliphatic carbocycles. The molecule has 0 saturated carbocycles. The SMILES string of the molecule is Cc1cc(NC(=O)N2CCC(NC(=O)c3ccccc3)CC2)no1. The third-order valence-corrected chi connectivity index (χ3v) is 4.02. The molecule has 1 aliphatic rings. The fourth-order valence-corrected chi connectivity index (χ4v) is 2.70. The highest BCUT2D eigenvalue weighted by Crippen LogP contribution is 2.14. The maximum Gasteiger partial charge on any atom is 0.323 e. The highest BCUT2D eigenvalue weighted by atomic mass is 16.5. The zero-order valence-electron chi connectivity index (χ0n) is 13.5. The molecule has 7 heteroatoms. The van der Waals surface area contributed by atoms with Gasteiger partial charge in [0, 0.05) is 30.8 Å². The summed E-state index contributed by atoms with van der Waals surface area (Å²) in [5, 5.41) is 9.48. The van der Waals surface area contributed by atoms with Gasteiger partial charge in [0.25, 0.3) is 5.91 Å². The first-order valence-electron chi connectivity index (χ1n) is 7.97. The third-order valence-electron chi connectivity index (χ3n) is 4.02. The van der Waals surface area contributed by atoms with Gasteiger partial charge in [0.1, 0.15) is 5.76 Å². The normalized spacial score (nSPS) is 15.1. The van der Waals surface area contributed by atoms with Crippen LogP contribution in [0.15, 0.2) is 40.9 Å². The summed E-state index contributed by atoms with van der Waals surface area (Å²) in [4.78, 5) is 26.0. The van der Waals surface area contributed by atoms with Crippen LogP contribution >= 0.6 is 0 Å². The number of amides is 3. The summed E-state index contributed by atoms with van der Waals surface area (Å²) in [6.45, 7) is 2.94. The number of hydrogen-bond acceptors (Lipinski definition) is 4. The Labute approximate surface area is 140 Å². The van der Waals surface area contributed by atoms with Crippen molar-refractivity contribution < 1.29 is 14.1 Å². The summed E-state index contributed by atoms with van der Waals surface area (Å²) in [5.74, 6) is 0.987. The van der Waals surface area contributed by atoms with Crippen molar-refractivity contribution in [3.05, 3.63) is 47.7 Å². The number of benzene rings is 1. The fourth-order valence-electron chi connectivity index (χ4n) is 2.70. The second-order valence-electron chi connectivity index (χ2n) is 5.85. The monoisotopic (exact) mass is 328 g/mol. The van der Waals surface area contributed by atoms with E-state index in [1.54, 1.807) is 30.0 Å². The van der Waals surface area contributed by atoms with E-state index in [1.807, 2.05) is 18.2 Å². The molecule has 2 heterocycles. The predicted octanol–water partition coefficient (Wildman–Crippen LogP) is 2.41. The number of nitrogens with one attached hydrogen (secondary N) is 2. The van der Waals surface area contributed by atoms with E-state index >= 15 is 0 Å². The van der Waals surface area contributed by atoms with Gasteiger partial charge >= 0.3 is 6.03 Å². The molecule has 1 fully saturated rings. The number of carbonyl (C=O) groups excluding carboxylic acids is 2. The van der Waals surface area contributed by atoms with E-state index < -0.39 is 0 Å². The van der Waals surface area contributed by atoms with Gasteiger partial charge < -0.3 is 14.7 Å². The Balaban J connectivity index is 1.47. The zero-order valence-corrected chi connectivity index (χ0v) is 13.5. The average molecular weight is 328 g/mol. The lowest BCUT2D eigenvalue weighted by Crippen LogP contribution is -2.47. The van der Waals surface area contributed by atoms with Crippen LogP contribution < -0.4 is 10.6 Å². The third kappa shape index (κ3) is 3.92. The van der Waals surface area contributed by atoms with Crippen molar-refractivity contribution in [3.8, 4) is 0 Å². The van der Waals surface area contributed by atoms with E-state index in [0.717, 1.165) is 12.8 Å². The van der Waals surface area contributed by atoms with Gasteiger partial charge in [-0.15, -0.1) is 0 Å². The number of hydrogen-bond donors (Lipinski definition) is 2. The second kappa shape index (κ2) is 7.16. The van der Waals surface area contributed by atoms with Gasteiger partial charge in [-0.05, 0) is 31.9 Å². The van der Waals surface area contributed by atoms with Crippen LogP contribution in [0.1, 0.15) is 29.0 Å². The summed E-state index contributed by atoms with van der Waals surface area (Å²) in [7, 11) is 0. The largest absolute Gasteiger partial charge is 0.360 e. The average Bonchev–Trinajstić information content (AvgIpc) is 3.01. The van der Waals surface area contributed by atoms with Crippen LogP contribution in [0.5, 0.6) is 0 Å². The minimum Gasteiger partial charge on any atom is -0.360 e. The van der Waals surface area contributed by atoms with Gasteiger partial charge in [0.15, 0.2) is 5.82 Å². The number of aryl methyl sites for hydroxylation is 1. The maximum absolute atomic E-state index is 12.2. The molecule has 1 saturated heterocycles. The van der Waals surface area contributed by atoms with E-state index in [2.05, 4.69) is 15.8 Å². The van der Waals surface area contributed by atoms with Crippen LogP contribution in [-0.2, 0) is 0 Å². The summed E-state index contributed by atoms with van der Waals surface area (Å²) in [5.41, 5.74) is 0.652. The molecule has 2 aromatic rings. The molecule has 0 atom stereocenters. The van der Waals surface area contributed by atoms with Crippen molar-refractivity contribution in [2.24, 2.45) is 0 Å². The molecule has 3 amide bonds. The highest BCUT2D eigenvalue weighted by molar-refractivity contribution is 5.94. The van der Waals surface area contributed by atoms with Crippen molar-refractivity contribution in [1.82, 2.24) is 15.4 Å². The number of carbonyl (C=O) groups is 2. The molecule has 0 unspecified atom stereocenters. The number of likely N-dealkylation sites (tertiary alicyclic amines) is 1. The lowest BCUT2D eigenvalue weighted by Gasteiger charge is -2.32. The van der Waals surface area contributed by atoms with Crippen molar-refractivity contribution in [2.75, 3.05) is 18.4 Å². The number of rotatable bonds is 3. The lowest BCUT2D eigenvalue weighted by atomic mass is 10.0. The van der Waals surface area contributed by atoms with Crippen LogP contribution in [0.2, 0.25) is 0 Å². The minimum absolute atomic E-state index is 0.0726. The molecule has 2 N–H and O–H groups in total. The summed E-state index contributed by atoms with van der Waals surface area (Å²) in [6.07, 6.45) is 1.45. The lowest BCUT2D eigenvalue weighted by molar-refractivity contribution is 0.0919. The molecule has 3 rings (SSSR count). The summed E-state index contributed by atoms with van der Waals surface area (Å²) >= 11 is 0. The number of nitrogens with zero attached hydrogens (tertiary/aromatic N) is 2. The maximum atomic E-state index is 12.2. The Morgan fingerprint density at radius 3 is 2.54 bits per heavy atom. The topological polar surface area (TPSA) is 87.5 Å². The molecule has 0 radical (unpaired) electrons. The Morgan fingerprint density at radius 2 is 1.92 bits per heavy atom. The molecule has 0 spiro atoms. The molecular weight excluding hydrogens is 308 g/mol. The van der Waals surface area contributed by atoms with Gasteiger partial charge in [-0.1, -0.05) is 23.4 Å². The van der Waals surface area contributed by atoms with E-state index in [-0.39, 0.29) is 18.0 Å². The van der Waals surface area contributed by atoms with Crippen molar-refractivity contribution in [1.29, 1.82) is 0 Å².